The number of carbonyl (C=O) groups is 1. The summed E-state index contributed by atoms with van der Waals surface area (Å²) in [6, 6.07) is 5.16. The molecule has 1 aromatic carbocycles. The molecule has 0 spiro atoms. The number of amides is 1. The van der Waals surface area contributed by atoms with Crippen LogP contribution in [0, 0.1) is 0 Å². The molecule has 1 aromatic rings. The Morgan fingerprint density at radius 3 is 2.86 bits per heavy atom. The van der Waals surface area contributed by atoms with Gasteiger partial charge in [-0.15, -0.1) is 0 Å². The summed E-state index contributed by atoms with van der Waals surface area (Å²) in [4.78, 5) is 11.7. The van der Waals surface area contributed by atoms with E-state index in [1.54, 1.807) is 18.2 Å². The molecule has 0 aromatic heterocycles. The molecule has 0 saturated carbocycles. The molecule has 1 heterocycles. The lowest BCUT2D eigenvalue weighted by atomic mass is 9.94. The zero-order valence-corrected chi connectivity index (χ0v) is 13.7. The van der Waals surface area contributed by atoms with Gasteiger partial charge >= 0.3 is 0 Å². The van der Waals surface area contributed by atoms with Crippen molar-refractivity contribution in [3.8, 4) is 5.75 Å². The predicted octanol–water partition coefficient (Wildman–Crippen LogP) is 2.14. The Bertz CT molecular complexity index is 506. The molecule has 21 heavy (non-hydrogen) atoms. The minimum absolute atomic E-state index is 0.145. The van der Waals surface area contributed by atoms with Crippen LogP contribution in [0.4, 0.5) is 0 Å². The Morgan fingerprint density at radius 1 is 1.48 bits per heavy atom. The van der Waals surface area contributed by atoms with Crippen molar-refractivity contribution < 1.29 is 19.4 Å². The first-order chi connectivity index (χ1) is 9.98. The van der Waals surface area contributed by atoms with E-state index in [0.29, 0.717) is 36.8 Å². The number of aliphatic hydroxyl groups is 1. The summed E-state index contributed by atoms with van der Waals surface area (Å²) < 4.78 is 11.4. The normalized spacial score (nSPS) is 17.3. The highest BCUT2D eigenvalue weighted by Gasteiger charge is 2.30. The van der Waals surface area contributed by atoms with Crippen molar-refractivity contribution in [1.29, 1.82) is 0 Å². The van der Waals surface area contributed by atoms with Crippen LogP contribution >= 0.6 is 27.5 Å². The number of benzene rings is 1. The summed E-state index contributed by atoms with van der Waals surface area (Å²) in [7, 11) is 0. The maximum absolute atomic E-state index is 11.7. The van der Waals surface area contributed by atoms with Gasteiger partial charge in [0.25, 0.3) is 5.91 Å². The van der Waals surface area contributed by atoms with Crippen LogP contribution in [-0.4, -0.2) is 43.0 Å². The third-order valence-electron chi connectivity index (χ3n) is 3.29. The standard InChI is InChI=1S/C14H17BrClNO4/c15-10-1-2-12(11(16)7-10)21-8-13(18)17-9-14(19)3-5-20-6-4-14/h1-2,7,19H,3-6,8-9H2,(H,17,18). The van der Waals surface area contributed by atoms with Crippen molar-refractivity contribution in [3.05, 3.63) is 27.7 Å². The third kappa shape index (κ3) is 5.14. The van der Waals surface area contributed by atoms with Gasteiger partial charge in [-0.2, -0.15) is 0 Å². The lowest BCUT2D eigenvalue weighted by Crippen LogP contribution is -2.47. The van der Waals surface area contributed by atoms with Crippen molar-refractivity contribution in [2.45, 2.75) is 18.4 Å². The molecule has 116 valence electrons. The van der Waals surface area contributed by atoms with Gasteiger partial charge in [0, 0.05) is 37.1 Å². The Hall–Kier alpha value is -0.820. The number of hydrogen-bond donors (Lipinski definition) is 2. The summed E-state index contributed by atoms with van der Waals surface area (Å²) in [5.41, 5.74) is -0.886. The highest BCUT2D eigenvalue weighted by atomic mass is 79.9. The van der Waals surface area contributed by atoms with E-state index in [4.69, 9.17) is 21.1 Å². The van der Waals surface area contributed by atoms with Gasteiger partial charge in [-0.1, -0.05) is 27.5 Å². The molecule has 1 aliphatic heterocycles. The van der Waals surface area contributed by atoms with Crippen LogP contribution in [0.2, 0.25) is 5.02 Å². The lowest BCUT2D eigenvalue weighted by molar-refractivity contribution is -0.125. The molecule has 0 aliphatic carbocycles. The first kappa shape index (κ1) is 16.5. The van der Waals surface area contributed by atoms with Crippen molar-refractivity contribution in [1.82, 2.24) is 5.32 Å². The van der Waals surface area contributed by atoms with E-state index in [1.807, 2.05) is 0 Å². The highest BCUT2D eigenvalue weighted by Crippen LogP contribution is 2.27. The summed E-state index contributed by atoms with van der Waals surface area (Å²) in [6.07, 6.45) is 1.04. The van der Waals surface area contributed by atoms with Gasteiger partial charge in [-0.05, 0) is 18.2 Å². The Labute approximate surface area is 136 Å². The molecule has 0 bridgehead atoms. The minimum Gasteiger partial charge on any atom is -0.482 e. The summed E-state index contributed by atoms with van der Waals surface area (Å²) >= 11 is 9.29. The fraction of sp³-hybridized carbons (Fsp3) is 0.500. The monoisotopic (exact) mass is 377 g/mol. The molecule has 1 aliphatic rings. The van der Waals surface area contributed by atoms with Crippen molar-refractivity contribution >= 4 is 33.4 Å². The maximum atomic E-state index is 11.7. The summed E-state index contributed by atoms with van der Waals surface area (Å²) in [5.74, 6) is 0.147. The van der Waals surface area contributed by atoms with E-state index in [-0.39, 0.29) is 19.1 Å². The van der Waals surface area contributed by atoms with Gasteiger partial charge in [-0.3, -0.25) is 4.79 Å². The molecule has 2 rings (SSSR count). The topological polar surface area (TPSA) is 67.8 Å². The highest BCUT2D eigenvalue weighted by molar-refractivity contribution is 9.10. The molecule has 2 N–H and O–H groups in total. The van der Waals surface area contributed by atoms with Gasteiger partial charge in [0.05, 0.1) is 10.6 Å². The largest absolute Gasteiger partial charge is 0.482 e. The Morgan fingerprint density at radius 2 is 2.19 bits per heavy atom. The predicted molar refractivity (Wildman–Crippen MR) is 82.7 cm³/mol. The van der Waals surface area contributed by atoms with Crippen molar-refractivity contribution in [2.24, 2.45) is 0 Å². The van der Waals surface area contributed by atoms with E-state index in [9.17, 15) is 9.90 Å². The Kier molecular flexibility index (Phi) is 5.87. The molecule has 1 saturated heterocycles. The van der Waals surface area contributed by atoms with E-state index in [0.717, 1.165) is 4.47 Å². The van der Waals surface area contributed by atoms with Gasteiger partial charge < -0.3 is 19.9 Å². The van der Waals surface area contributed by atoms with E-state index in [2.05, 4.69) is 21.2 Å². The quantitative estimate of drug-likeness (QED) is 0.824. The van der Waals surface area contributed by atoms with E-state index >= 15 is 0 Å². The average molecular weight is 379 g/mol. The third-order valence-corrected chi connectivity index (χ3v) is 4.08. The second-order valence-electron chi connectivity index (χ2n) is 4.98. The first-order valence-electron chi connectivity index (χ1n) is 6.63. The number of hydrogen-bond acceptors (Lipinski definition) is 4. The summed E-state index contributed by atoms with van der Waals surface area (Å²) in [6.45, 7) is 1.08. The zero-order chi connectivity index (χ0) is 15.3. The van der Waals surface area contributed by atoms with Gasteiger partial charge in [0.2, 0.25) is 0 Å². The summed E-state index contributed by atoms with van der Waals surface area (Å²) in [5, 5.41) is 13.3. The first-order valence-corrected chi connectivity index (χ1v) is 7.80. The van der Waals surface area contributed by atoms with Gasteiger partial charge in [-0.25, -0.2) is 0 Å². The number of halogens is 2. The number of rotatable bonds is 5. The van der Waals surface area contributed by atoms with Crippen LogP contribution in [0.5, 0.6) is 5.75 Å². The van der Waals surface area contributed by atoms with E-state index in [1.165, 1.54) is 0 Å². The van der Waals surface area contributed by atoms with Crippen LogP contribution in [0.1, 0.15) is 12.8 Å². The molecular formula is C14H17BrClNO4. The zero-order valence-electron chi connectivity index (χ0n) is 11.4. The molecule has 0 atom stereocenters. The van der Waals surface area contributed by atoms with Crippen LogP contribution < -0.4 is 10.1 Å². The fourth-order valence-electron chi connectivity index (χ4n) is 1.98. The van der Waals surface area contributed by atoms with Gasteiger partial charge in [0.15, 0.2) is 6.61 Å². The molecule has 7 heteroatoms. The molecule has 0 radical (unpaired) electrons. The second-order valence-corrected chi connectivity index (χ2v) is 6.30. The van der Waals surface area contributed by atoms with Crippen LogP contribution in [0.25, 0.3) is 0 Å². The Balaban J connectivity index is 1.77. The molecule has 1 fully saturated rings. The minimum atomic E-state index is -0.886. The molecule has 5 nitrogen and oxygen atoms in total. The number of nitrogens with one attached hydrogen (secondary N) is 1. The van der Waals surface area contributed by atoms with Crippen LogP contribution in [0.3, 0.4) is 0 Å². The van der Waals surface area contributed by atoms with Crippen LogP contribution in [0.15, 0.2) is 22.7 Å². The van der Waals surface area contributed by atoms with Crippen LogP contribution in [-0.2, 0) is 9.53 Å². The van der Waals surface area contributed by atoms with Crippen molar-refractivity contribution in [2.75, 3.05) is 26.4 Å². The molecule has 0 unspecified atom stereocenters. The van der Waals surface area contributed by atoms with E-state index < -0.39 is 5.60 Å². The average Bonchev–Trinajstić information content (AvgIpc) is 2.45. The second kappa shape index (κ2) is 7.45. The smallest absolute Gasteiger partial charge is 0.258 e. The number of carbonyl (C=O) groups excluding carboxylic acids is 1. The lowest BCUT2D eigenvalue weighted by Gasteiger charge is -2.32. The number of ether oxygens (including phenoxy) is 2. The molecule has 1 amide bonds. The maximum Gasteiger partial charge on any atom is 0.258 e. The molecular weight excluding hydrogens is 362 g/mol. The van der Waals surface area contributed by atoms with Gasteiger partial charge in [0.1, 0.15) is 5.75 Å². The SMILES string of the molecule is O=C(COc1ccc(Br)cc1Cl)NCC1(O)CCOCC1. The fourth-order valence-corrected chi connectivity index (χ4v) is 2.71. The van der Waals surface area contributed by atoms with Crippen molar-refractivity contribution in [3.63, 3.8) is 0 Å².